The van der Waals surface area contributed by atoms with Crippen LogP contribution in [0.5, 0.6) is 0 Å². The molecule has 4 aromatic rings. The van der Waals surface area contributed by atoms with Crippen LogP contribution in [0.2, 0.25) is 0 Å². The summed E-state index contributed by atoms with van der Waals surface area (Å²) >= 11 is 1.54. The van der Waals surface area contributed by atoms with Gasteiger partial charge in [-0.05, 0) is 54.4 Å². The molecule has 4 N–H and O–H groups in total. The van der Waals surface area contributed by atoms with Gasteiger partial charge in [0.25, 0.3) is 0 Å². The van der Waals surface area contributed by atoms with Crippen molar-refractivity contribution in [3.8, 4) is 23.0 Å². The summed E-state index contributed by atoms with van der Waals surface area (Å²) in [6.07, 6.45) is -2.80. The number of halogens is 3. The Hall–Kier alpha value is -4.07. The lowest BCUT2D eigenvalue weighted by molar-refractivity contribution is -0.137. The molecule has 196 valence electrons. The van der Waals surface area contributed by atoms with Gasteiger partial charge < -0.3 is 16.4 Å². The minimum atomic E-state index is -4.49. The molecule has 0 aliphatic rings. The maximum atomic E-state index is 12.9. The summed E-state index contributed by atoms with van der Waals surface area (Å²) in [7, 11) is 0. The van der Waals surface area contributed by atoms with Crippen molar-refractivity contribution in [3.05, 3.63) is 71.2 Å². The van der Waals surface area contributed by atoms with E-state index in [2.05, 4.69) is 46.2 Å². The lowest BCUT2D eigenvalue weighted by atomic mass is 10.0. The van der Waals surface area contributed by atoms with Crippen LogP contribution in [0.1, 0.15) is 25.0 Å². The number of aromatic nitrogens is 1. The maximum absolute atomic E-state index is 12.9. The fourth-order valence-electron chi connectivity index (χ4n) is 3.86. The van der Waals surface area contributed by atoms with E-state index in [-0.39, 0.29) is 5.69 Å². The topological polar surface area (TPSA) is 83.3 Å². The van der Waals surface area contributed by atoms with Crippen molar-refractivity contribution >= 4 is 44.6 Å². The molecule has 0 saturated heterocycles. The van der Waals surface area contributed by atoms with Crippen molar-refractivity contribution in [1.82, 2.24) is 9.88 Å². The van der Waals surface area contributed by atoms with Crippen LogP contribution in [0.15, 0.2) is 60.1 Å². The van der Waals surface area contributed by atoms with Gasteiger partial charge in [0.15, 0.2) is 0 Å². The highest BCUT2D eigenvalue weighted by molar-refractivity contribution is 7.18. The van der Waals surface area contributed by atoms with Crippen molar-refractivity contribution in [3.63, 3.8) is 0 Å². The van der Waals surface area contributed by atoms with Crippen LogP contribution in [0.4, 0.5) is 35.2 Å². The summed E-state index contributed by atoms with van der Waals surface area (Å²) < 4.78 is 39.7. The predicted octanol–water partition coefficient (Wildman–Crippen LogP) is 6.90. The third kappa shape index (κ3) is 6.25. The van der Waals surface area contributed by atoms with E-state index in [1.54, 1.807) is 29.7 Å². The molecular formula is C28H26F3N5OS. The molecule has 0 fully saturated rings. The first kappa shape index (κ1) is 27.0. The van der Waals surface area contributed by atoms with Crippen LogP contribution >= 0.6 is 11.3 Å². The zero-order valence-corrected chi connectivity index (χ0v) is 21.6. The number of pyridine rings is 1. The minimum absolute atomic E-state index is 0.0395. The Morgan fingerprint density at radius 3 is 2.47 bits per heavy atom. The summed E-state index contributed by atoms with van der Waals surface area (Å²) in [5.74, 6) is 6.85. The standard InChI is InChI=1S/C28H26F3N5OS/c1-3-36(4-2)14-6-7-19-16-33-26(32)24-23(17-38-25(19)24)18-10-12-21(13-11-18)34-27(37)35-22-9-5-8-20(15-22)28(29,30)31/h5,8-13,15-17H,3-4,14H2,1-2H3,(H2,32,33)(H2,34,35,37). The molecular weight excluding hydrogens is 511 g/mol. The summed E-state index contributed by atoms with van der Waals surface area (Å²) in [5, 5.41) is 7.89. The number of nitrogens with zero attached hydrogens (tertiary/aromatic N) is 2. The number of thiophene rings is 1. The van der Waals surface area contributed by atoms with Gasteiger partial charge in [-0.1, -0.05) is 43.9 Å². The van der Waals surface area contributed by atoms with Crippen LogP contribution in [0.3, 0.4) is 0 Å². The van der Waals surface area contributed by atoms with E-state index in [0.29, 0.717) is 18.1 Å². The van der Waals surface area contributed by atoms with E-state index < -0.39 is 17.8 Å². The number of nitrogens with one attached hydrogen (secondary N) is 2. The predicted molar refractivity (Wildman–Crippen MR) is 148 cm³/mol. The third-order valence-corrected chi connectivity index (χ3v) is 6.96. The van der Waals surface area contributed by atoms with Gasteiger partial charge in [0.05, 0.1) is 22.4 Å². The number of anilines is 3. The van der Waals surface area contributed by atoms with Crippen molar-refractivity contribution < 1.29 is 18.0 Å². The zero-order valence-electron chi connectivity index (χ0n) is 20.8. The van der Waals surface area contributed by atoms with E-state index in [1.807, 2.05) is 17.5 Å². The molecule has 0 bridgehead atoms. The fraction of sp³-hybridized carbons (Fsp3) is 0.214. The molecule has 0 radical (unpaired) electrons. The average molecular weight is 538 g/mol. The molecule has 2 aromatic carbocycles. The number of alkyl halides is 3. The Labute approximate surface area is 222 Å². The number of nitrogens with two attached hydrogens (primary N) is 1. The van der Waals surface area contributed by atoms with Gasteiger partial charge in [0, 0.05) is 28.5 Å². The smallest absolute Gasteiger partial charge is 0.383 e. The number of urea groups is 1. The summed E-state index contributed by atoms with van der Waals surface area (Å²) in [6.45, 7) is 6.74. The molecule has 0 aliphatic heterocycles. The first-order chi connectivity index (χ1) is 18.2. The van der Waals surface area contributed by atoms with E-state index in [0.717, 1.165) is 52.0 Å². The molecule has 6 nitrogen and oxygen atoms in total. The van der Waals surface area contributed by atoms with Crippen LogP contribution in [0, 0.1) is 11.8 Å². The van der Waals surface area contributed by atoms with Crippen LogP contribution in [-0.2, 0) is 6.18 Å². The Morgan fingerprint density at radius 2 is 1.79 bits per heavy atom. The number of fused-ring (bicyclic) bond motifs is 1. The molecule has 0 saturated carbocycles. The lowest BCUT2D eigenvalue weighted by Crippen LogP contribution is -2.22. The van der Waals surface area contributed by atoms with Crippen molar-refractivity contribution in [2.45, 2.75) is 20.0 Å². The van der Waals surface area contributed by atoms with Crippen molar-refractivity contribution in [2.75, 3.05) is 36.0 Å². The Balaban J connectivity index is 1.50. The van der Waals surface area contributed by atoms with Gasteiger partial charge in [-0.3, -0.25) is 4.90 Å². The van der Waals surface area contributed by atoms with Crippen LogP contribution in [0.25, 0.3) is 21.2 Å². The lowest BCUT2D eigenvalue weighted by Gasteiger charge is -2.13. The number of rotatable bonds is 6. The molecule has 2 amide bonds. The van der Waals surface area contributed by atoms with Gasteiger partial charge in [-0.25, -0.2) is 9.78 Å². The number of carbonyl (C=O) groups is 1. The van der Waals surface area contributed by atoms with Gasteiger partial charge in [-0.2, -0.15) is 13.2 Å². The summed E-state index contributed by atoms with van der Waals surface area (Å²) in [5.41, 5.74) is 8.52. The minimum Gasteiger partial charge on any atom is -0.383 e. The van der Waals surface area contributed by atoms with Gasteiger partial charge in [0.2, 0.25) is 0 Å². The Kier molecular flexibility index (Phi) is 8.20. The normalized spacial score (nSPS) is 11.3. The number of amides is 2. The second-order valence-corrected chi connectivity index (χ2v) is 9.29. The molecule has 0 atom stereocenters. The SMILES string of the molecule is CCN(CC)CC#Cc1cnc(N)c2c(-c3ccc(NC(=O)Nc4cccc(C(F)(F)F)c4)cc3)csc12. The van der Waals surface area contributed by atoms with Crippen molar-refractivity contribution in [1.29, 1.82) is 0 Å². The molecule has 38 heavy (non-hydrogen) atoms. The molecule has 4 rings (SSSR count). The number of nitrogen functional groups attached to an aromatic ring is 1. The largest absolute Gasteiger partial charge is 0.416 e. The zero-order chi connectivity index (χ0) is 27.3. The second-order valence-electron chi connectivity index (χ2n) is 8.41. The van der Waals surface area contributed by atoms with E-state index in [9.17, 15) is 18.0 Å². The van der Waals surface area contributed by atoms with Crippen molar-refractivity contribution in [2.24, 2.45) is 0 Å². The molecule has 2 heterocycles. The number of benzene rings is 2. The van der Waals surface area contributed by atoms with Gasteiger partial charge in [0.1, 0.15) is 5.82 Å². The average Bonchev–Trinajstić information content (AvgIpc) is 3.34. The van der Waals surface area contributed by atoms with E-state index in [4.69, 9.17) is 5.73 Å². The molecule has 0 aliphatic carbocycles. The fourth-order valence-corrected chi connectivity index (χ4v) is 4.92. The second kappa shape index (κ2) is 11.5. The van der Waals surface area contributed by atoms with Crippen LogP contribution < -0.4 is 16.4 Å². The monoisotopic (exact) mass is 537 g/mol. The first-order valence-corrected chi connectivity index (χ1v) is 12.8. The maximum Gasteiger partial charge on any atom is 0.416 e. The quantitative estimate of drug-likeness (QED) is 0.234. The summed E-state index contributed by atoms with van der Waals surface area (Å²) in [4.78, 5) is 18.9. The number of hydrogen-bond acceptors (Lipinski definition) is 5. The summed E-state index contributed by atoms with van der Waals surface area (Å²) in [6, 6.07) is 10.9. The Bertz CT molecular complexity index is 1500. The number of carbonyl (C=O) groups excluding carboxylic acids is 1. The first-order valence-electron chi connectivity index (χ1n) is 11.9. The third-order valence-electron chi connectivity index (χ3n) is 5.95. The highest BCUT2D eigenvalue weighted by Gasteiger charge is 2.30. The molecule has 0 spiro atoms. The van der Waals surface area contributed by atoms with Crippen LogP contribution in [-0.4, -0.2) is 35.5 Å². The van der Waals surface area contributed by atoms with Gasteiger partial charge >= 0.3 is 12.2 Å². The van der Waals surface area contributed by atoms with E-state index in [1.165, 1.54) is 12.1 Å². The Morgan fingerprint density at radius 1 is 1.08 bits per heavy atom. The number of hydrogen-bond donors (Lipinski definition) is 3. The van der Waals surface area contributed by atoms with Gasteiger partial charge in [-0.15, -0.1) is 11.3 Å². The van der Waals surface area contributed by atoms with E-state index >= 15 is 0 Å². The molecule has 0 unspecified atom stereocenters. The highest BCUT2D eigenvalue weighted by atomic mass is 32.1. The molecule has 2 aromatic heterocycles. The molecule has 10 heteroatoms. The highest BCUT2D eigenvalue weighted by Crippen LogP contribution is 2.38.